The molecule has 3 aromatic rings. The van der Waals surface area contributed by atoms with Gasteiger partial charge in [0, 0.05) is 30.4 Å². The van der Waals surface area contributed by atoms with Crippen LogP contribution < -0.4 is 5.63 Å². The van der Waals surface area contributed by atoms with Crippen molar-refractivity contribution in [2.75, 3.05) is 0 Å². The van der Waals surface area contributed by atoms with E-state index in [1.807, 2.05) is 22.9 Å². The van der Waals surface area contributed by atoms with Crippen molar-refractivity contribution in [3.8, 4) is 0 Å². The normalized spacial score (nSPS) is 11.0. The Bertz CT molecular complexity index is 757. The van der Waals surface area contributed by atoms with Gasteiger partial charge in [0.05, 0.1) is 6.33 Å². The quantitative estimate of drug-likeness (QED) is 0.675. The Labute approximate surface area is 110 Å². The summed E-state index contributed by atoms with van der Waals surface area (Å²) < 4.78 is 7.18. The van der Waals surface area contributed by atoms with E-state index in [9.17, 15) is 4.79 Å². The predicted octanol–water partition coefficient (Wildman–Crippen LogP) is 2.60. The van der Waals surface area contributed by atoms with Crippen molar-refractivity contribution in [3.05, 3.63) is 64.5 Å². The average molecular weight is 254 g/mol. The van der Waals surface area contributed by atoms with Crippen LogP contribution in [0.15, 0.2) is 52.2 Å². The molecule has 0 amide bonds. The van der Waals surface area contributed by atoms with Crippen LogP contribution in [-0.2, 0) is 13.0 Å². The van der Waals surface area contributed by atoms with Crippen molar-refractivity contribution in [1.82, 2.24) is 9.55 Å². The van der Waals surface area contributed by atoms with Crippen molar-refractivity contribution in [3.63, 3.8) is 0 Å². The summed E-state index contributed by atoms with van der Waals surface area (Å²) >= 11 is 0. The molecule has 0 aliphatic rings. The van der Waals surface area contributed by atoms with E-state index < -0.39 is 0 Å². The van der Waals surface area contributed by atoms with E-state index in [0.717, 1.165) is 17.4 Å². The van der Waals surface area contributed by atoms with Crippen LogP contribution in [0.1, 0.15) is 18.1 Å². The van der Waals surface area contributed by atoms with E-state index in [1.165, 1.54) is 5.56 Å². The second-order valence-corrected chi connectivity index (χ2v) is 4.51. The second-order valence-electron chi connectivity index (χ2n) is 4.51. The molecular formula is C15H14N2O2. The highest BCUT2D eigenvalue weighted by atomic mass is 16.4. The van der Waals surface area contributed by atoms with Gasteiger partial charge in [-0.3, -0.25) is 0 Å². The Kier molecular flexibility index (Phi) is 2.91. The third-order valence-electron chi connectivity index (χ3n) is 3.21. The van der Waals surface area contributed by atoms with E-state index in [2.05, 4.69) is 18.0 Å². The first kappa shape index (κ1) is 11.7. The minimum atomic E-state index is -0.313. The number of nitrogens with zero attached hydrogens (tertiary/aromatic N) is 2. The summed E-state index contributed by atoms with van der Waals surface area (Å²) in [6.45, 7) is 2.73. The van der Waals surface area contributed by atoms with Gasteiger partial charge in [-0.2, -0.15) is 0 Å². The highest BCUT2D eigenvalue weighted by Crippen LogP contribution is 2.20. The standard InChI is InChI=1S/C15H14N2O2/c1-2-11-3-4-14-13(7-11)12(8-15(18)19-14)9-17-6-5-16-10-17/h3-8,10H,2,9H2,1H3. The molecule has 0 N–H and O–H groups in total. The zero-order valence-electron chi connectivity index (χ0n) is 10.7. The summed E-state index contributed by atoms with van der Waals surface area (Å²) in [5, 5.41) is 0.993. The zero-order chi connectivity index (χ0) is 13.2. The Hall–Kier alpha value is -2.36. The number of aryl methyl sites for hydroxylation is 1. The summed E-state index contributed by atoms with van der Waals surface area (Å²) in [5.41, 5.74) is 2.51. The lowest BCUT2D eigenvalue weighted by atomic mass is 10.1. The molecule has 1 aromatic carbocycles. The number of fused-ring (bicyclic) bond motifs is 1. The molecule has 0 fully saturated rings. The monoisotopic (exact) mass is 254 g/mol. The van der Waals surface area contributed by atoms with Gasteiger partial charge >= 0.3 is 5.63 Å². The van der Waals surface area contributed by atoms with Crippen molar-refractivity contribution in [1.29, 1.82) is 0 Å². The molecule has 4 heteroatoms. The summed E-state index contributed by atoms with van der Waals surface area (Å²) in [5.74, 6) is 0. The Morgan fingerprint density at radius 2 is 2.21 bits per heavy atom. The van der Waals surface area contributed by atoms with Gasteiger partial charge in [0.1, 0.15) is 5.58 Å². The van der Waals surface area contributed by atoms with E-state index in [1.54, 1.807) is 18.6 Å². The number of imidazole rings is 1. The van der Waals surface area contributed by atoms with E-state index in [-0.39, 0.29) is 5.63 Å². The Morgan fingerprint density at radius 3 is 2.95 bits per heavy atom. The Morgan fingerprint density at radius 1 is 1.32 bits per heavy atom. The van der Waals surface area contributed by atoms with Crippen LogP contribution in [0.4, 0.5) is 0 Å². The first-order valence-corrected chi connectivity index (χ1v) is 6.27. The molecule has 96 valence electrons. The molecule has 0 saturated carbocycles. The fourth-order valence-electron chi connectivity index (χ4n) is 2.20. The van der Waals surface area contributed by atoms with Crippen LogP contribution >= 0.6 is 0 Å². The molecule has 0 spiro atoms. The van der Waals surface area contributed by atoms with Crippen molar-refractivity contribution < 1.29 is 4.42 Å². The van der Waals surface area contributed by atoms with Crippen LogP contribution in [0.2, 0.25) is 0 Å². The van der Waals surface area contributed by atoms with E-state index in [0.29, 0.717) is 12.1 Å². The van der Waals surface area contributed by atoms with Gasteiger partial charge < -0.3 is 8.98 Å². The number of hydrogen-bond acceptors (Lipinski definition) is 3. The lowest BCUT2D eigenvalue weighted by Crippen LogP contribution is -2.04. The smallest absolute Gasteiger partial charge is 0.336 e. The van der Waals surface area contributed by atoms with E-state index in [4.69, 9.17) is 4.42 Å². The van der Waals surface area contributed by atoms with Gasteiger partial charge in [-0.25, -0.2) is 9.78 Å². The molecule has 2 aromatic heterocycles. The van der Waals surface area contributed by atoms with Gasteiger partial charge in [-0.1, -0.05) is 13.0 Å². The SMILES string of the molecule is CCc1ccc2oc(=O)cc(Cn3ccnc3)c2c1. The minimum absolute atomic E-state index is 0.313. The molecule has 0 unspecified atom stereocenters. The number of aromatic nitrogens is 2. The average Bonchev–Trinajstić information content (AvgIpc) is 2.91. The highest BCUT2D eigenvalue weighted by Gasteiger charge is 2.07. The minimum Gasteiger partial charge on any atom is -0.423 e. The maximum atomic E-state index is 11.6. The van der Waals surface area contributed by atoms with Crippen LogP contribution in [0.5, 0.6) is 0 Å². The van der Waals surface area contributed by atoms with Gasteiger partial charge in [0.2, 0.25) is 0 Å². The molecule has 0 aliphatic carbocycles. The van der Waals surface area contributed by atoms with Crippen molar-refractivity contribution >= 4 is 11.0 Å². The summed E-state index contributed by atoms with van der Waals surface area (Å²) in [6, 6.07) is 7.51. The lowest BCUT2D eigenvalue weighted by Gasteiger charge is -2.07. The molecule has 4 nitrogen and oxygen atoms in total. The zero-order valence-corrected chi connectivity index (χ0v) is 10.7. The van der Waals surface area contributed by atoms with Crippen LogP contribution in [-0.4, -0.2) is 9.55 Å². The largest absolute Gasteiger partial charge is 0.423 e. The first-order chi connectivity index (χ1) is 9.26. The molecule has 2 heterocycles. The highest BCUT2D eigenvalue weighted by molar-refractivity contribution is 5.80. The first-order valence-electron chi connectivity index (χ1n) is 6.27. The molecule has 0 radical (unpaired) electrons. The van der Waals surface area contributed by atoms with E-state index >= 15 is 0 Å². The third-order valence-corrected chi connectivity index (χ3v) is 3.21. The van der Waals surface area contributed by atoms with Gasteiger partial charge in [-0.15, -0.1) is 0 Å². The van der Waals surface area contributed by atoms with Gasteiger partial charge in [0.15, 0.2) is 0 Å². The lowest BCUT2D eigenvalue weighted by molar-refractivity contribution is 0.557. The van der Waals surface area contributed by atoms with Crippen LogP contribution in [0, 0.1) is 0 Å². The maximum absolute atomic E-state index is 11.6. The Balaban J connectivity index is 2.17. The van der Waals surface area contributed by atoms with Gasteiger partial charge in [0.25, 0.3) is 0 Å². The van der Waals surface area contributed by atoms with Crippen LogP contribution in [0.25, 0.3) is 11.0 Å². The van der Waals surface area contributed by atoms with Crippen molar-refractivity contribution in [2.45, 2.75) is 19.9 Å². The maximum Gasteiger partial charge on any atom is 0.336 e. The second kappa shape index (κ2) is 4.72. The summed E-state index contributed by atoms with van der Waals surface area (Å²) in [6.07, 6.45) is 6.30. The third kappa shape index (κ3) is 2.29. The van der Waals surface area contributed by atoms with Gasteiger partial charge in [-0.05, 0) is 29.7 Å². The number of rotatable bonds is 3. The molecule has 0 atom stereocenters. The van der Waals surface area contributed by atoms with Crippen LogP contribution in [0.3, 0.4) is 0 Å². The molecule has 3 rings (SSSR count). The number of benzene rings is 1. The molecule has 19 heavy (non-hydrogen) atoms. The fraction of sp³-hybridized carbons (Fsp3) is 0.200. The molecule has 0 saturated heterocycles. The molecule has 0 aliphatic heterocycles. The molecule has 0 bridgehead atoms. The summed E-state index contributed by atoms with van der Waals surface area (Å²) in [4.78, 5) is 15.6. The summed E-state index contributed by atoms with van der Waals surface area (Å²) in [7, 11) is 0. The predicted molar refractivity (Wildman–Crippen MR) is 73.2 cm³/mol. The molecular weight excluding hydrogens is 240 g/mol. The fourth-order valence-corrected chi connectivity index (χ4v) is 2.20. The van der Waals surface area contributed by atoms with Crippen molar-refractivity contribution in [2.24, 2.45) is 0 Å². The number of hydrogen-bond donors (Lipinski definition) is 0. The topological polar surface area (TPSA) is 48.0 Å².